The number of rotatable bonds is 7. The Hall–Kier alpha value is -3.33. The maximum atomic E-state index is 13.6. The van der Waals surface area contributed by atoms with Gasteiger partial charge >= 0.3 is 0 Å². The number of aromatic nitrogens is 1. The Balaban J connectivity index is 1.59. The maximum Gasteiger partial charge on any atom is 0.257 e. The SMILES string of the molecule is COc1ccc(OC)c(-c2ccc(C(=O)N3CCC(C(N)=O)(N4CCCCC4)CC3)c(N(C)C)n2)c1. The molecule has 2 N–H and O–H groups in total. The summed E-state index contributed by atoms with van der Waals surface area (Å²) in [4.78, 5) is 37.0. The summed E-state index contributed by atoms with van der Waals surface area (Å²) in [5.74, 6) is 1.57. The molecule has 2 aliphatic heterocycles. The third-order valence-electron chi connectivity index (χ3n) is 7.51. The number of carbonyl (C=O) groups is 2. The van der Waals surface area contributed by atoms with Crippen LogP contribution in [-0.2, 0) is 4.79 Å². The van der Waals surface area contributed by atoms with Gasteiger partial charge in [-0.25, -0.2) is 4.98 Å². The van der Waals surface area contributed by atoms with Crippen LogP contribution in [0.15, 0.2) is 30.3 Å². The fraction of sp³-hybridized carbons (Fsp3) is 0.519. The lowest BCUT2D eigenvalue weighted by atomic mass is 9.83. The van der Waals surface area contributed by atoms with E-state index < -0.39 is 5.54 Å². The van der Waals surface area contributed by atoms with Crippen molar-refractivity contribution in [3.63, 3.8) is 0 Å². The van der Waals surface area contributed by atoms with Gasteiger partial charge in [0.1, 0.15) is 22.9 Å². The Morgan fingerprint density at radius 2 is 1.67 bits per heavy atom. The summed E-state index contributed by atoms with van der Waals surface area (Å²) in [6, 6.07) is 9.20. The van der Waals surface area contributed by atoms with Gasteiger partial charge in [0, 0.05) is 32.7 Å². The van der Waals surface area contributed by atoms with Crippen LogP contribution in [-0.4, -0.2) is 86.6 Å². The lowest BCUT2D eigenvalue weighted by Crippen LogP contribution is -2.63. The van der Waals surface area contributed by atoms with Crippen molar-refractivity contribution in [1.29, 1.82) is 0 Å². The van der Waals surface area contributed by atoms with Crippen molar-refractivity contribution in [3.8, 4) is 22.8 Å². The van der Waals surface area contributed by atoms with Gasteiger partial charge in [-0.05, 0) is 69.1 Å². The van der Waals surface area contributed by atoms with E-state index in [2.05, 4.69) is 4.90 Å². The number of ether oxygens (including phenoxy) is 2. The van der Waals surface area contributed by atoms with E-state index in [1.807, 2.05) is 54.2 Å². The van der Waals surface area contributed by atoms with Crippen LogP contribution < -0.4 is 20.1 Å². The predicted octanol–water partition coefficient (Wildman–Crippen LogP) is 2.78. The van der Waals surface area contributed by atoms with E-state index in [-0.39, 0.29) is 11.8 Å². The van der Waals surface area contributed by atoms with E-state index in [4.69, 9.17) is 20.2 Å². The summed E-state index contributed by atoms with van der Waals surface area (Å²) >= 11 is 0. The lowest BCUT2D eigenvalue weighted by molar-refractivity contribution is -0.134. The van der Waals surface area contributed by atoms with E-state index in [0.717, 1.165) is 31.5 Å². The molecule has 2 aliphatic rings. The van der Waals surface area contributed by atoms with Crippen molar-refractivity contribution in [2.24, 2.45) is 5.73 Å². The molecule has 194 valence electrons. The number of nitrogens with two attached hydrogens (primary N) is 1. The van der Waals surface area contributed by atoms with Crippen molar-refractivity contribution in [3.05, 3.63) is 35.9 Å². The first-order valence-corrected chi connectivity index (χ1v) is 12.6. The smallest absolute Gasteiger partial charge is 0.257 e. The van der Waals surface area contributed by atoms with Crippen LogP contribution in [0, 0.1) is 0 Å². The van der Waals surface area contributed by atoms with Gasteiger partial charge in [-0.15, -0.1) is 0 Å². The molecule has 0 spiro atoms. The van der Waals surface area contributed by atoms with Crippen LogP contribution in [0.1, 0.15) is 42.5 Å². The van der Waals surface area contributed by atoms with E-state index in [1.165, 1.54) is 6.42 Å². The van der Waals surface area contributed by atoms with Crippen LogP contribution in [0.4, 0.5) is 5.82 Å². The van der Waals surface area contributed by atoms with Crippen LogP contribution in [0.3, 0.4) is 0 Å². The quantitative estimate of drug-likeness (QED) is 0.630. The van der Waals surface area contributed by atoms with Gasteiger partial charge in [0.05, 0.1) is 25.5 Å². The topological polar surface area (TPSA) is 101 Å². The van der Waals surface area contributed by atoms with E-state index in [0.29, 0.717) is 54.5 Å². The molecular formula is C27H37N5O4. The molecule has 0 radical (unpaired) electrons. The number of carbonyl (C=O) groups excluding carboxylic acids is 2. The fourth-order valence-corrected chi connectivity index (χ4v) is 5.41. The number of hydrogen-bond acceptors (Lipinski definition) is 7. The molecule has 1 aromatic carbocycles. The molecule has 0 unspecified atom stereocenters. The number of nitrogens with zero attached hydrogens (tertiary/aromatic N) is 4. The summed E-state index contributed by atoms with van der Waals surface area (Å²) in [7, 11) is 6.97. The van der Waals surface area contributed by atoms with Crippen molar-refractivity contribution in [2.45, 2.75) is 37.6 Å². The highest BCUT2D eigenvalue weighted by Crippen LogP contribution is 2.35. The fourth-order valence-electron chi connectivity index (χ4n) is 5.41. The second kappa shape index (κ2) is 10.7. The number of likely N-dealkylation sites (tertiary alicyclic amines) is 2. The maximum absolute atomic E-state index is 13.6. The van der Waals surface area contributed by atoms with Gasteiger partial charge in [-0.1, -0.05) is 6.42 Å². The Morgan fingerprint density at radius 1 is 0.972 bits per heavy atom. The van der Waals surface area contributed by atoms with Crippen molar-refractivity contribution < 1.29 is 19.1 Å². The number of primary amides is 1. The Kier molecular flexibility index (Phi) is 7.68. The minimum Gasteiger partial charge on any atom is -0.497 e. The number of piperidine rings is 2. The van der Waals surface area contributed by atoms with Gasteiger partial charge in [0.2, 0.25) is 5.91 Å². The lowest BCUT2D eigenvalue weighted by Gasteiger charge is -2.48. The molecule has 0 aliphatic carbocycles. The van der Waals surface area contributed by atoms with E-state index in [1.54, 1.807) is 14.2 Å². The zero-order chi connectivity index (χ0) is 25.9. The summed E-state index contributed by atoms with van der Waals surface area (Å²) in [5.41, 5.74) is 7.25. The minimum atomic E-state index is -0.660. The highest BCUT2D eigenvalue weighted by atomic mass is 16.5. The number of anilines is 1. The average Bonchev–Trinajstić information content (AvgIpc) is 2.92. The monoisotopic (exact) mass is 495 g/mol. The largest absolute Gasteiger partial charge is 0.497 e. The number of pyridine rings is 1. The summed E-state index contributed by atoms with van der Waals surface area (Å²) in [5, 5.41) is 0. The second-order valence-corrected chi connectivity index (χ2v) is 9.76. The van der Waals surface area contributed by atoms with Gasteiger partial charge < -0.3 is 25.0 Å². The molecule has 0 bridgehead atoms. The minimum absolute atomic E-state index is 0.0907. The molecule has 2 saturated heterocycles. The predicted molar refractivity (Wildman–Crippen MR) is 140 cm³/mol. The molecule has 9 nitrogen and oxygen atoms in total. The van der Waals surface area contributed by atoms with Crippen LogP contribution >= 0.6 is 0 Å². The molecular weight excluding hydrogens is 458 g/mol. The van der Waals surface area contributed by atoms with Gasteiger partial charge in [-0.2, -0.15) is 0 Å². The zero-order valence-corrected chi connectivity index (χ0v) is 21.7. The Morgan fingerprint density at radius 3 is 2.25 bits per heavy atom. The Bertz CT molecular complexity index is 1110. The highest BCUT2D eigenvalue weighted by molar-refractivity contribution is 5.99. The van der Waals surface area contributed by atoms with Crippen molar-refractivity contribution in [2.75, 3.05) is 59.4 Å². The van der Waals surface area contributed by atoms with E-state index in [9.17, 15) is 9.59 Å². The Labute approximate surface area is 213 Å². The number of amides is 2. The van der Waals surface area contributed by atoms with Gasteiger partial charge in [-0.3, -0.25) is 14.5 Å². The summed E-state index contributed by atoms with van der Waals surface area (Å²) < 4.78 is 10.9. The molecule has 4 rings (SSSR count). The standard InChI is InChI=1S/C27H37N5O4/c1-30(2)24-20(9-10-22(29-24)21-18-19(35-3)8-11-23(21)36-4)25(33)31-16-12-27(13-17-31,26(28)34)32-14-6-5-7-15-32/h8-11,18H,5-7,12-17H2,1-4H3,(H2,28,34). The number of benzene rings is 1. The molecule has 3 heterocycles. The second-order valence-electron chi connectivity index (χ2n) is 9.76. The molecule has 9 heteroatoms. The van der Waals surface area contributed by atoms with Gasteiger partial charge in [0.25, 0.3) is 5.91 Å². The molecule has 0 atom stereocenters. The normalized spacial score (nSPS) is 17.9. The molecule has 1 aromatic heterocycles. The first-order chi connectivity index (χ1) is 17.3. The molecule has 2 fully saturated rings. The third-order valence-corrected chi connectivity index (χ3v) is 7.51. The molecule has 0 saturated carbocycles. The average molecular weight is 496 g/mol. The van der Waals surface area contributed by atoms with Crippen LogP contribution in [0.25, 0.3) is 11.3 Å². The van der Waals surface area contributed by atoms with Gasteiger partial charge in [0.15, 0.2) is 0 Å². The highest BCUT2D eigenvalue weighted by Gasteiger charge is 2.46. The van der Waals surface area contributed by atoms with Crippen molar-refractivity contribution >= 4 is 17.6 Å². The number of methoxy groups -OCH3 is 2. The summed E-state index contributed by atoms with van der Waals surface area (Å²) in [6.07, 6.45) is 4.46. The summed E-state index contributed by atoms with van der Waals surface area (Å²) in [6.45, 7) is 2.74. The first kappa shape index (κ1) is 25.8. The number of hydrogen-bond donors (Lipinski definition) is 1. The molecule has 2 aromatic rings. The van der Waals surface area contributed by atoms with Crippen molar-refractivity contribution in [1.82, 2.24) is 14.8 Å². The first-order valence-electron chi connectivity index (χ1n) is 12.6. The third kappa shape index (κ3) is 4.84. The van der Waals surface area contributed by atoms with Crippen LogP contribution in [0.2, 0.25) is 0 Å². The van der Waals surface area contributed by atoms with Crippen LogP contribution in [0.5, 0.6) is 11.5 Å². The zero-order valence-electron chi connectivity index (χ0n) is 21.7. The molecule has 36 heavy (non-hydrogen) atoms. The van der Waals surface area contributed by atoms with E-state index >= 15 is 0 Å². The molecule has 2 amide bonds.